The molecule has 5 rings (SSSR count). The maximum Gasteiger partial charge on any atom is 0.318 e. The molecule has 3 amide bonds. The van der Waals surface area contributed by atoms with E-state index >= 15 is 0 Å². The lowest BCUT2D eigenvalue weighted by atomic mass is 9.98. The highest BCUT2D eigenvalue weighted by atomic mass is 16.2. The van der Waals surface area contributed by atoms with Crippen LogP contribution in [0.3, 0.4) is 0 Å². The van der Waals surface area contributed by atoms with Gasteiger partial charge in [-0.1, -0.05) is 36.4 Å². The first-order chi connectivity index (χ1) is 20.8. The fraction of sp³-hybridized carbons (Fsp3) is 0.588. The molecule has 3 heterocycles. The summed E-state index contributed by atoms with van der Waals surface area (Å²) in [5.74, 6) is 0.0420. The molecule has 0 aromatic heterocycles. The van der Waals surface area contributed by atoms with E-state index in [0.717, 1.165) is 88.3 Å². The van der Waals surface area contributed by atoms with Crippen LogP contribution in [0.25, 0.3) is 0 Å². The quantitative estimate of drug-likeness (QED) is 0.410. The van der Waals surface area contributed by atoms with Crippen molar-refractivity contribution in [1.82, 2.24) is 30.2 Å². The van der Waals surface area contributed by atoms with E-state index in [-0.39, 0.29) is 11.9 Å². The van der Waals surface area contributed by atoms with Crippen molar-refractivity contribution >= 4 is 17.6 Å². The number of rotatable bonds is 8. The molecular formula is C34H51N7O2. The fourth-order valence-corrected chi connectivity index (χ4v) is 6.70. The number of benzene rings is 2. The average molecular weight is 590 g/mol. The molecule has 2 aromatic rings. The van der Waals surface area contributed by atoms with Crippen molar-refractivity contribution < 1.29 is 9.59 Å². The van der Waals surface area contributed by atoms with E-state index in [0.29, 0.717) is 31.6 Å². The zero-order valence-corrected chi connectivity index (χ0v) is 26.4. The number of nitrogens with zero attached hydrogens (tertiary/aromatic N) is 4. The summed E-state index contributed by atoms with van der Waals surface area (Å²) in [6.45, 7) is 12.2. The van der Waals surface area contributed by atoms with Gasteiger partial charge < -0.3 is 31.1 Å². The van der Waals surface area contributed by atoms with Crippen molar-refractivity contribution in [2.24, 2.45) is 0 Å². The van der Waals surface area contributed by atoms with Gasteiger partial charge in [0.25, 0.3) is 0 Å². The number of aryl methyl sites for hydroxylation is 2. The Bertz CT molecular complexity index is 1230. The highest BCUT2D eigenvalue weighted by Crippen LogP contribution is 2.21. The first-order valence-electron chi connectivity index (χ1n) is 16.2. The van der Waals surface area contributed by atoms with Gasteiger partial charge in [-0.15, -0.1) is 0 Å². The van der Waals surface area contributed by atoms with Crippen molar-refractivity contribution in [1.29, 1.82) is 0 Å². The number of piperazine rings is 1. The Morgan fingerprint density at radius 3 is 2.21 bits per heavy atom. The van der Waals surface area contributed by atoms with E-state index in [9.17, 15) is 9.59 Å². The second kappa shape index (κ2) is 14.6. The summed E-state index contributed by atoms with van der Waals surface area (Å²) < 4.78 is 0. The van der Waals surface area contributed by atoms with Gasteiger partial charge in [-0.25, -0.2) is 4.79 Å². The average Bonchev–Trinajstić information content (AvgIpc) is 3.02. The summed E-state index contributed by atoms with van der Waals surface area (Å²) >= 11 is 0. The third-order valence-corrected chi connectivity index (χ3v) is 9.86. The zero-order valence-electron chi connectivity index (χ0n) is 26.4. The van der Waals surface area contributed by atoms with E-state index in [2.05, 4.69) is 59.5 Å². The molecule has 3 aliphatic rings. The second-order valence-corrected chi connectivity index (χ2v) is 12.9. The van der Waals surface area contributed by atoms with Crippen LogP contribution in [0.4, 0.5) is 10.5 Å². The first-order valence-corrected chi connectivity index (χ1v) is 16.2. The highest BCUT2D eigenvalue weighted by molar-refractivity contribution is 5.87. The number of para-hydroxylation sites is 1. The standard InChI is InChI=1S/C34H51N7O2/c1-25-8-9-27(22-26(25)2)23-32(33(42)40-16-12-30(13-17-40)39-20-18-38(3)19-21-39)37-34(43)41-14-10-29(11-15-41)36-24-28-6-4-5-7-31(28)35/h4-9,22,29-30,32,36H,10-21,23-24,35H2,1-3H3,(H,37,43). The maximum absolute atomic E-state index is 14.0. The zero-order chi connectivity index (χ0) is 30.3. The van der Waals surface area contributed by atoms with Crippen LogP contribution in [0.15, 0.2) is 42.5 Å². The number of piperidine rings is 2. The molecule has 43 heavy (non-hydrogen) atoms. The molecule has 1 atom stereocenters. The lowest BCUT2D eigenvalue weighted by Gasteiger charge is -2.42. The van der Waals surface area contributed by atoms with Crippen LogP contribution in [-0.4, -0.2) is 109 Å². The fourth-order valence-electron chi connectivity index (χ4n) is 6.70. The summed E-state index contributed by atoms with van der Waals surface area (Å²) in [6.07, 6.45) is 4.23. The van der Waals surface area contributed by atoms with Crippen LogP contribution >= 0.6 is 0 Å². The second-order valence-electron chi connectivity index (χ2n) is 12.9. The molecule has 3 aliphatic heterocycles. The third kappa shape index (κ3) is 8.28. The number of nitrogens with one attached hydrogen (secondary N) is 2. The summed E-state index contributed by atoms with van der Waals surface area (Å²) in [5, 5.41) is 6.78. The van der Waals surface area contributed by atoms with E-state index < -0.39 is 6.04 Å². The Labute approximate surface area is 257 Å². The number of nitrogen functional groups attached to an aromatic ring is 1. The minimum atomic E-state index is -0.577. The van der Waals surface area contributed by atoms with Gasteiger partial charge in [-0.2, -0.15) is 0 Å². The van der Waals surface area contributed by atoms with Crippen molar-refractivity contribution in [3.8, 4) is 0 Å². The van der Waals surface area contributed by atoms with Crippen LogP contribution in [0.5, 0.6) is 0 Å². The minimum Gasteiger partial charge on any atom is -0.398 e. The third-order valence-electron chi connectivity index (χ3n) is 9.86. The molecule has 234 valence electrons. The normalized spacial score (nSPS) is 20.3. The number of hydrogen-bond acceptors (Lipinski definition) is 6. The van der Waals surface area contributed by atoms with Gasteiger partial charge in [0.15, 0.2) is 0 Å². The Hall–Kier alpha value is -3.14. The molecule has 0 radical (unpaired) electrons. The molecule has 9 nitrogen and oxygen atoms in total. The van der Waals surface area contributed by atoms with Gasteiger partial charge in [-0.05, 0) is 74.9 Å². The Morgan fingerprint density at radius 1 is 0.860 bits per heavy atom. The van der Waals surface area contributed by atoms with Crippen LogP contribution < -0.4 is 16.4 Å². The van der Waals surface area contributed by atoms with Crippen molar-refractivity contribution in [2.75, 3.05) is 65.1 Å². The van der Waals surface area contributed by atoms with Crippen molar-refractivity contribution in [3.05, 3.63) is 64.7 Å². The molecule has 2 aromatic carbocycles. The van der Waals surface area contributed by atoms with Gasteiger partial charge in [-0.3, -0.25) is 9.69 Å². The summed E-state index contributed by atoms with van der Waals surface area (Å²) in [4.78, 5) is 36.3. The number of anilines is 1. The topological polar surface area (TPSA) is 97.2 Å². The molecule has 4 N–H and O–H groups in total. The highest BCUT2D eigenvalue weighted by Gasteiger charge is 2.33. The van der Waals surface area contributed by atoms with Gasteiger partial charge in [0.05, 0.1) is 0 Å². The Kier molecular flexibility index (Phi) is 10.6. The summed E-state index contributed by atoms with van der Waals surface area (Å²) in [6, 6.07) is 14.4. The minimum absolute atomic E-state index is 0.0420. The molecule has 3 fully saturated rings. The predicted molar refractivity (Wildman–Crippen MR) is 173 cm³/mol. The summed E-state index contributed by atoms with van der Waals surface area (Å²) in [7, 11) is 2.18. The molecule has 0 aliphatic carbocycles. The monoisotopic (exact) mass is 589 g/mol. The number of nitrogens with two attached hydrogens (primary N) is 1. The van der Waals surface area contributed by atoms with Crippen molar-refractivity contribution in [2.45, 2.75) is 70.6 Å². The van der Waals surface area contributed by atoms with Gasteiger partial charge >= 0.3 is 6.03 Å². The van der Waals surface area contributed by atoms with Crippen LogP contribution in [0.2, 0.25) is 0 Å². The number of carbonyl (C=O) groups excluding carboxylic acids is 2. The van der Waals surface area contributed by atoms with Gasteiger partial charge in [0.2, 0.25) is 5.91 Å². The molecule has 0 saturated carbocycles. The van der Waals surface area contributed by atoms with Crippen molar-refractivity contribution in [3.63, 3.8) is 0 Å². The van der Waals surface area contributed by atoms with E-state index in [1.165, 1.54) is 11.1 Å². The van der Waals surface area contributed by atoms with E-state index in [1.807, 2.05) is 34.1 Å². The first kappa shape index (κ1) is 31.3. The van der Waals surface area contributed by atoms with Gasteiger partial charge in [0.1, 0.15) is 6.04 Å². The molecule has 9 heteroatoms. The van der Waals surface area contributed by atoms with Crippen LogP contribution in [0, 0.1) is 13.8 Å². The molecule has 0 bridgehead atoms. The predicted octanol–water partition coefficient (Wildman–Crippen LogP) is 3.00. The lowest BCUT2D eigenvalue weighted by molar-refractivity contribution is -0.135. The molecule has 3 saturated heterocycles. The Morgan fingerprint density at radius 2 is 1.53 bits per heavy atom. The number of urea groups is 1. The van der Waals surface area contributed by atoms with Crippen LogP contribution in [-0.2, 0) is 17.8 Å². The number of likely N-dealkylation sites (tertiary alicyclic amines) is 2. The largest absolute Gasteiger partial charge is 0.398 e. The van der Waals surface area contributed by atoms with E-state index in [1.54, 1.807) is 0 Å². The van der Waals surface area contributed by atoms with Gasteiger partial charge in [0, 0.05) is 83.1 Å². The summed E-state index contributed by atoms with van der Waals surface area (Å²) in [5.41, 5.74) is 11.5. The number of likely N-dealkylation sites (N-methyl/N-ethyl adjacent to an activating group) is 1. The van der Waals surface area contributed by atoms with E-state index in [4.69, 9.17) is 5.73 Å². The number of hydrogen-bond donors (Lipinski definition) is 3. The molecule has 0 spiro atoms. The maximum atomic E-state index is 14.0. The van der Waals surface area contributed by atoms with Crippen LogP contribution in [0.1, 0.15) is 47.9 Å². The SMILES string of the molecule is Cc1ccc(CC(NC(=O)N2CCC(NCc3ccccc3N)CC2)C(=O)N2CCC(N3CCN(C)CC3)CC2)cc1C. The Balaban J connectivity index is 1.17. The smallest absolute Gasteiger partial charge is 0.318 e. The molecular weight excluding hydrogens is 538 g/mol. The lowest BCUT2D eigenvalue weighted by Crippen LogP contribution is -2.57. The number of carbonyl (C=O) groups is 2. The number of amides is 3. The molecule has 1 unspecified atom stereocenters.